The second-order valence-corrected chi connectivity index (χ2v) is 5.61. The van der Waals surface area contributed by atoms with Crippen LogP contribution in [0, 0.1) is 0 Å². The number of hydrogen-bond acceptors (Lipinski definition) is 4. The normalized spacial score (nSPS) is 24.9. The van der Waals surface area contributed by atoms with Gasteiger partial charge in [-0.1, -0.05) is 11.6 Å². The zero-order valence-electron chi connectivity index (χ0n) is 10.5. The fourth-order valence-corrected chi connectivity index (χ4v) is 3.37. The van der Waals surface area contributed by atoms with Gasteiger partial charge in [-0.3, -0.25) is 4.90 Å². The zero-order valence-corrected chi connectivity index (χ0v) is 11.2. The second kappa shape index (κ2) is 4.94. The van der Waals surface area contributed by atoms with Gasteiger partial charge >= 0.3 is 0 Å². The van der Waals surface area contributed by atoms with Gasteiger partial charge in [0.25, 0.3) is 0 Å². The van der Waals surface area contributed by atoms with E-state index in [2.05, 4.69) is 14.8 Å². The van der Waals surface area contributed by atoms with Crippen molar-refractivity contribution < 1.29 is 0 Å². The quantitative estimate of drug-likeness (QED) is 0.844. The fraction of sp³-hybridized carbons (Fsp3) is 0.615. The Balaban J connectivity index is 1.82. The lowest BCUT2D eigenvalue weighted by molar-refractivity contribution is 0.273. The summed E-state index contributed by atoms with van der Waals surface area (Å²) >= 11 is 6.26. The molecular formula is C13H19ClN4. The molecule has 1 aromatic rings. The molecule has 0 spiro atoms. The Bertz CT molecular complexity index is 437. The number of nitrogens with two attached hydrogens (primary N) is 1. The van der Waals surface area contributed by atoms with E-state index in [-0.39, 0.29) is 0 Å². The average Bonchev–Trinajstić information content (AvgIpc) is 2.67. The average molecular weight is 267 g/mol. The Labute approximate surface area is 113 Å². The maximum Gasteiger partial charge on any atom is 0.147 e. The molecule has 1 unspecified atom stereocenters. The van der Waals surface area contributed by atoms with Crippen molar-refractivity contribution in [2.75, 3.05) is 36.8 Å². The predicted molar refractivity (Wildman–Crippen MR) is 75.1 cm³/mol. The first-order chi connectivity index (χ1) is 8.74. The highest BCUT2D eigenvalue weighted by atomic mass is 35.5. The van der Waals surface area contributed by atoms with Crippen LogP contribution >= 0.6 is 11.6 Å². The molecule has 4 nitrogen and oxygen atoms in total. The number of pyridine rings is 1. The lowest BCUT2D eigenvalue weighted by Gasteiger charge is -2.27. The van der Waals surface area contributed by atoms with Gasteiger partial charge in [-0.25, -0.2) is 4.98 Å². The van der Waals surface area contributed by atoms with Crippen LogP contribution in [0.25, 0.3) is 0 Å². The minimum atomic E-state index is 0.626. The van der Waals surface area contributed by atoms with Crippen LogP contribution in [0.4, 0.5) is 11.5 Å². The monoisotopic (exact) mass is 266 g/mol. The van der Waals surface area contributed by atoms with Crippen LogP contribution in [0.5, 0.6) is 0 Å². The standard InChI is InChI=1S/C13H19ClN4/c14-12-7-10(15)8-16-13(12)18-6-2-5-17-4-1-3-11(17)9-18/h7-8,11H,1-6,9,15H2. The van der Waals surface area contributed by atoms with Crippen LogP contribution < -0.4 is 10.6 Å². The minimum absolute atomic E-state index is 0.626. The van der Waals surface area contributed by atoms with Crippen molar-refractivity contribution in [1.82, 2.24) is 9.88 Å². The van der Waals surface area contributed by atoms with Crippen molar-refractivity contribution >= 4 is 23.1 Å². The Hall–Kier alpha value is -1.00. The number of rotatable bonds is 1. The van der Waals surface area contributed by atoms with Crippen LogP contribution in [0.1, 0.15) is 19.3 Å². The van der Waals surface area contributed by atoms with E-state index in [0.717, 1.165) is 18.9 Å². The molecule has 1 atom stereocenters. The Morgan fingerprint density at radius 3 is 2.94 bits per heavy atom. The molecule has 5 heteroatoms. The lowest BCUT2D eigenvalue weighted by Crippen LogP contribution is -2.37. The van der Waals surface area contributed by atoms with Gasteiger partial charge < -0.3 is 10.6 Å². The zero-order chi connectivity index (χ0) is 12.5. The SMILES string of the molecule is Nc1cnc(N2CCCN3CCCC3C2)c(Cl)c1. The van der Waals surface area contributed by atoms with Crippen molar-refractivity contribution in [2.24, 2.45) is 0 Å². The highest BCUT2D eigenvalue weighted by Gasteiger charge is 2.29. The van der Waals surface area contributed by atoms with Crippen molar-refractivity contribution in [1.29, 1.82) is 0 Å². The molecule has 0 aromatic carbocycles. The molecular weight excluding hydrogens is 248 g/mol. The summed E-state index contributed by atoms with van der Waals surface area (Å²) in [4.78, 5) is 9.33. The molecule has 2 aliphatic heterocycles. The van der Waals surface area contributed by atoms with Crippen LogP contribution in [0.15, 0.2) is 12.3 Å². The molecule has 3 heterocycles. The highest BCUT2D eigenvalue weighted by molar-refractivity contribution is 6.33. The molecule has 18 heavy (non-hydrogen) atoms. The lowest BCUT2D eigenvalue weighted by atomic mass is 10.2. The number of nitrogen functional groups attached to an aromatic ring is 1. The maximum absolute atomic E-state index is 6.26. The van der Waals surface area contributed by atoms with E-state index in [1.807, 2.05) is 0 Å². The Kier molecular flexibility index (Phi) is 3.31. The molecule has 1 aromatic heterocycles. The molecule has 2 aliphatic rings. The molecule has 2 fully saturated rings. The fourth-order valence-electron chi connectivity index (χ4n) is 3.08. The topological polar surface area (TPSA) is 45.4 Å². The van der Waals surface area contributed by atoms with Crippen LogP contribution in [0.3, 0.4) is 0 Å². The predicted octanol–water partition coefficient (Wildman–Crippen LogP) is 1.99. The smallest absolute Gasteiger partial charge is 0.147 e. The van der Waals surface area contributed by atoms with Crippen molar-refractivity contribution in [3.05, 3.63) is 17.3 Å². The van der Waals surface area contributed by atoms with Gasteiger partial charge in [0.05, 0.1) is 16.9 Å². The molecule has 2 saturated heterocycles. The van der Waals surface area contributed by atoms with Gasteiger partial charge in [0.15, 0.2) is 0 Å². The molecule has 0 saturated carbocycles. The van der Waals surface area contributed by atoms with Crippen LogP contribution in [-0.4, -0.2) is 42.1 Å². The van der Waals surface area contributed by atoms with E-state index in [1.165, 1.54) is 32.4 Å². The molecule has 0 amide bonds. The minimum Gasteiger partial charge on any atom is -0.397 e. The summed E-state index contributed by atoms with van der Waals surface area (Å²) in [5.41, 5.74) is 6.33. The summed E-state index contributed by atoms with van der Waals surface area (Å²) in [7, 11) is 0. The molecule has 0 radical (unpaired) electrons. The van der Waals surface area contributed by atoms with Gasteiger partial charge in [-0.05, 0) is 31.9 Å². The van der Waals surface area contributed by atoms with Crippen molar-refractivity contribution in [2.45, 2.75) is 25.3 Å². The maximum atomic E-state index is 6.26. The summed E-state index contributed by atoms with van der Waals surface area (Å²) in [6, 6.07) is 2.46. The number of aromatic nitrogens is 1. The first kappa shape index (κ1) is 12.1. The Morgan fingerprint density at radius 2 is 2.11 bits per heavy atom. The van der Waals surface area contributed by atoms with Gasteiger partial charge in [-0.2, -0.15) is 0 Å². The summed E-state index contributed by atoms with van der Waals surface area (Å²) in [6.07, 6.45) is 5.49. The third-order valence-electron chi connectivity index (χ3n) is 3.95. The van der Waals surface area contributed by atoms with E-state index >= 15 is 0 Å². The number of fused-ring (bicyclic) bond motifs is 1. The largest absolute Gasteiger partial charge is 0.397 e. The summed E-state index contributed by atoms with van der Waals surface area (Å²) in [6.45, 7) is 4.52. The van der Waals surface area contributed by atoms with Gasteiger partial charge in [0, 0.05) is 25.7 Å². The molecule has 3 rings (SSSR count). The van der Waals surface area contributed by atoms with Crippen LogP contribution in [0.2, 0.25) is 5.02 Å². The molecule has 98 valence electrons. The number of hydrogen-bond donors (Lipinski definition) is 1. The summed E-state index contributed by atoms with van der Waals surface area (Å²) in [5, 5.41) is 0.668. The number of nitrogens with zero attached hydrogens (tertiary/aromatic N) is 3. The van der Waals surface area contributed by atoms with Crippen molar-refractivity contribution in [3.8, 4) is 0 Å². The summed E-state index contributed by atoms with van der Waals surface area (Å²) < 4.78 is 0. The Morgan fingerprint density at radius 1 is 1.28 bits per heavy atom. The summed E-state index contributed by atoms with van der Waals surface area (Å²) in [5.74, 6) is 0.889. The van der Waals surface area contributed by atoms with Crippen LogP contribution in [-0.2, 0) is 0 Å². The second-order valence-electron chi connectivity index (χ2n) is 5.21. The van der Waals surface area contributed by atoms with Gasteiger partial charge in [0.1, 0.15) is 5.82 Å². The molecule has 0 aliphatic carbocycles. The van der Waals surface area contributed by atoms with Gasteiger partial charge in [-0.15, -0.1) is 0 Å². The molecule has 2 N–H and O–H groups in total. The van der Waals surface area contributed by atoms with Gasteiger partial charge in [0.2, 0.25) is 0 Å². The van der Waals surface area contributed by atoms with E-state index < -0.39 is 0 Å². The number of halogens is 1. The van der Waals surface area contributed by atoms with E-state index in [0.29, 0.717) is 16.8 Å². The first-order valence-electron chi connectivity index (χ1n) is 6.64. The van der Waals surface area contributed by atoms with E-state index in [4.69, 9.17) is 17.3 Å². The third-order valence-corrected chi connectivity index (χ3v) is 4.22. The van der Waals surface area contributed by atoms with E-state index in [1.54, 1.807) is 12.3 Å². The third kappa shape index (κ3) is 2.27. The van der Waals surface area contributed by atoms with E-state index in [9.17, 15) is 0 Å². The highest BCUT2D eigenvalue weighted by Crippen LogP contribution is 2.29. The first-order valence-corrected chi connectivity index (χ1v) is 7.02. The number of anilines is 2. The molecule has 0 bridgehead atoms. The van der Waals surface area contributed by atoms with Crippen molar-refractivity contribution in [3.63, 3.8) is 0 Å².